The molecule has 1 aliphatic heterocycles. The Bertz CT molecular complexity index is 1890. The maximum Gasteiger partial charge on any atom is 0.269 e. The number of methoxy groups -OCH3 is 1. The average Bonchev–Trinajstić information content (AvgIpc) is 3.79. The Kier molecular flexibility index (Phi) is 10.2. The van der Waals surface area contributed by atoms with Crippen LogP contribution in [0.2, 0.25) is 0 Å². The van der Waals surface area contributed by atoms with E-state index in [9.17, 15) is 9.59 Å². The van der Waals surface area contributed by atoms with Crippen molar-refractivity contribution in [2.75, 3.05) is 13.7 Å². The number of benzene rings is 1. The van der Waals surface area contributed by atoms with Crippen LogP contribution in [-0.2, 0) is 20.0 Å². The third kappa shape index (κ3) is 6.74. The van der Waals surface area contributed by atoms with E-state index in [1.54, 1.807) is 13.3 Å². The quantitative estimate of drug-likeness (QED) is 0.134. The van der Waals surface area contributed by atoms with Crippen molar-refractivity contribution in [2.45, 2.75) is 83.3 Å². The summed E-state index contributed by atoms with van der Waals surface area (Å²) in [6.45, 7) is 7.33. The van der Waals surface area contributed by atoms with Crippen molar-refractivity contribution in [2.24, 2.45) is 29.4 Å². The molecule has 3 aromatic heterocycles. The second kappa shape index (κ2) is 14.7. The van der Waals surface area contributed by atoms with Crippen LogP contribution in [0.1, 0.15) is 90.4 Å². The molecule has 1 saturated heterocycles. The van der Waals surface area contributed by atoms with Crippen molar-refractivity contribution in [3.8, 4) is 17.3 Å². The van der Waals surface area contributed by atoms with E-state index < -0.39 is 5.91 Å². The summed E-state index contributed by atoms with van der Waals surface area (Å²) in [6.07, 6.45) is 15.5. The van der Waals surface area contributed by atoms with Crippen LogP contribution in [0.25, 0.3) is 28.6 Å². The van der Waals surface area contributed by atoms with Crippen molar-refractivity contribution in [3.63, 3.8) is 0 Å². The summed E-state index contributed by atoms with van der Waals surface area (Å²) in [6, 6.07) is 6.07. The van der Waals surface area contributed by atoms with Crippen LogP contribution in [0.3, 0.4) is 0 Å². The number of aromatic nitrogens is 5. The number of primary amides is 1. The minimum Gasteiger partial charge on any atom is -0.494 e. The minimum atomic E-state index is -0.566. The van der Waals surface area contributed by atoms with E-state index in [0.29, 0.717) is 48.0 Å². The zero-order valence-corrected chi connectivity index (χ0v) is 28.8. The fourth-order valence-electron chi connectivity index (χ4n) is 7.56. The van der Waals surface area contributed by atoms with Gasteiger partial charge >= 0.3 is 0 Å². The molecule has 258 valence electrons. The van der Waals surface area contributed by atoms with Gasteiger partial charge in [-0.3, -0.25) is 14.6 Å². The summed E-state index contributed by atoms with van der Waals surface area (Å²) in [5.74, 6) is 2.02. The van der Waals surface area contributed by atoms with E-state index in [1.807, 2.05) is 28.6 Å². The lowest BCUT2D eigenvalue weighted by Gasteiger charge is -2.37. The van der Waals surface area contributed by atoms with E-state index in [4.69, 9.17) is 21.2 Å². The predicted molar refractivity (Wildman–Crippen MR) is 192 cm³/mol. The zero-order chi connectivity index (χ0) is 34.7. The number of aryl methyl sites for hydroxylation is 2. The SMILES string of the molecule is C=Nc1c(/C=C\CCC)cc(-c2nc3cc(C(=O)N4CC(N)C5CCC4C5)cc(OC)c3n2C)n1CCCCCc1nccnc1C(N)=O. The average molecular weight is 666 g/mol. The normalized spacial score (nSPS) is 18.9. The number of allylic oxidation sites excluding steroid dienone is 1. The molecule has 49 heavy (non-hydrogen) atoms. The molecule has 4 N–H and O–H groups in total. The lowest BCUT2D eigenvalue weighted by atomic mass is 9.94. The van der Waals surface area contributed by atoms with Gasteiger partial charge in [-0.25, -0.2) is 15.0 Å². The largest absolute Gasteiger partial charge is 0.494 e. The molecule has 2 fully saturated rings. The third-order valence-electron chi connectivity index (χ3n) is 10.1. The van der Waals surface area contributed by atoms with Crippen molar-refractivity contribution >= 4 is 41.5 Å². The summed E-state index contributed by atoms with van der Waals surface area (Å²) in [4.78, 5) is 45.7. The van der Waals surface area contributed by atoms with Gasteiger partial charge in [0.1, 0.15) is 22.8 Å². The number of hydrogen-bond acceptors (Lipinski definition) is 8. The number of rotatable bonds is 14. The molecule has 12 heteroatoms. The number of imidazole rings is 1. The Morgan fingerprint density at radius 1 is 1.14 bits per heavy atom. The zero-order valence-electron chi connectivity index (χ0n) is 28.8. The molecular weight excluding hydrogens is 618 g/mol. The Balaban J connectivity index is 1.31. The first-order valence-corrected chi connectivity index (χ1v) is 17.3. The minimum absolute atomic E-state index is 0.00966. The van der Waals surface area contributed by atoms with Gasteiger partial charge < -0.3 is 30.2 Å². The monoisotopic (exact) mass is 665 g/mol. The van der Waals surface area contributed by atoms with Gasteiger partial charge in [0.05, 0.1) is 24.0 Å². The third-order valence-corrected chi connectivity index (χ3v) is 10.1. The molecule has 4 heterocycles. The summed E-state index contributed by atoms with van der Waals surface area (Å²) >= 11 is 0. The van der Waals surface area contributed by atoms with E-state index >= 15 is 0 Å². The number of likely N-dealkylation sites (tertiary alicyclic amines) is 1. The second-order valence-corrected chi connectivity index (χ2v) is 13.2. The highest BCUT2D eigenvalue weighted by molar-refractivity contribution is 6.00. The van der Waals surface area contributed by atoms with E-state index in [0.717, 1.165) is 79.8 Å². The fourth-order valence-corrected chi connectivity index (χ4v) is 7.56. The number of nitrogens with two attached hydrogens (primary N) is 2. The highest BCUT2D eigenvalue weighted by Gasteiger charge is 2.41. The maximum atomic E-state index is 13.9. The van der Waals surface area contributed by atoms with Crippen LogP contribution in [0, 0.1) is 5.92 Å². The topological polar surface area (TPSA) is 160 Å². The lowest BCUT2D eigenvalue weighted by Crippen LogP contribution is -2.51. The molecule has 1 aliphatic carbocycles. The molecule has 3 atom stereocenters. The Hall–Kier alpha value is -4.84. The number of fused-ring (bicyclic) bond motifs is 3. The van der Waals surface area contributed by atoms with Crippen LogP contribution in [0.15, 0.2) is 41.7 Å². The molecule has 2 bridgehead atoms. The smallest absolute Gasteiger partial charge is 0.269 e. The molecule has 1 aromatic carbocycles. The summed E-state index contributed by atoms with van der Waals surface area (Å²) in [7, 11) is 3.60. The van der Waals surface area contributed by atoms with Crippen LogP contribution in [-0.4, -0.2) is 73.3 Å². The Morgan fingerprint density at radius 2 is 1.96 bits per heavy atom. The number of carbonyl (C=O) groups is 2. The number of carbonyl (C=O) groups excluding carboxylic acids is 2. The van der Waals surface area contributed by atoms with E-state index in [2.05, 4.69) is 51.4 Å². The summed E-state index contributed by atoms with van der Waals surface area (Å²) in [5, 5.41) is 0. The number of nitrogens with zero attached hydrogens (tertiary/aromatic N) is 7. The van der Waals surface area contributed by atoms with Gasteiger partial charge in [0.15, 0.2) is 5.82 Å². The van der Waals surface area contributed by atoms with Crippen molar-refractivity contribution in [3.05, 3.63) is 59.2 Å². The standard InChI is InChI=1S/C37H47N9O3/c1-5-6-8-11-24-20-30(45(35(24)40-2)17-10-7-9-12-28-32(34(39)47)42-16-15-41-28)36-43-29-19-25(21-31(49-4)33(29)44(36)3)37(48)46-22-27(38)23-13-14-26(46)18-23/h8,11,15-16,19-21,23,26-27H,2,5-7,9-10,12-14,17-18,22,38H2,1,3-4H3,(H2,39,47)/b11-8-. The van der Waals surface area contributed by atoms with E-state index in [1.165, 1.54) is 6.20 Å². The summed E-state index contributed by atoms with van der Waals surface area (Å²) in [5.41, 5.74) is 16.7. The van der Waals surface area contributed by atoms with Crippen LogP contribution in [0.5, 0.6) is 5.75 Å². The molecule has 2 amide bonds. The highest BCUT2D eigenvalue weighted by Crippen LogP contribution is 2.39. The van der Waals surface area contributed by atoms with Gasteiger partial charge in [-0.1, -0.05) is 31.9 Å². The molecule has 4 aromatic rings. The number of hydrogen-bond donors (Lipinski definition) is 2. The van der Waals surface area contributed by atoms with Gasteiger partial charge in [-0.15, -0.1) is 0 Å². The number of ether oxygens (including phenoxy) is 1. The van der Waals surface area contributed by atoms with Crippen LogP contribution < -0.4 is 16.2 Å². The molecule has 0 spiro atoms. The first-order chi connectivity index (χ1) is 23.7. The highest BCUT2D eigenvalue weighted by atomic mass is 16.5. The number of piperidine rings is 1. The van der Waals surface area contributed by atoms with Gasteiger partial charge in [0, 0.05) is 55.7 Å². The summed E-state index contributed by atoms with van der Waals surface area (Å²) < 4.78 is 10.1. The number of amides is 2. The van der Waals surface area contributed by atoms with Crippen molar-refractivity contribution in [1.82, 2.24) is 29.0 Å². The van der Waals surface area contributed by atoms with Crippen LogP contribution in [0.4, 0.5) is 5.82 Å². The number of unbranched alkanes of at least 4 members (excludes halogenated alkanes) is 3. The molecule has 6 rings (SSSR count). The number of aliphatic imine (C=N–C) groups is 1. The van der Waals surface area contributed by atoms with E-state index in [-0.39, 0.29) is 23.7 Å². The van der Waals surface area contributed by atoms with Crippen molar-refractivity contribution < 1.29 is 14.3 Å². The lowest BCUT2D eigenvalue weighted by molar-refractivity contribution is 0.0603. The predicted octanol–water partition coefficient (Wildman–Crippen LogP) is 5.45. The second-order valence-electron chi connectivity index (χ2n) is 13.2. The van der Waals surface area contributed by atoms with Crippen LogP contribution >= 0.6 is 0 Å². The van der Waals surface area contributed by atoms with Gasteiger partial charge in [-0.05, 0) is 75.8 Å². The maximum absolute atomic E-state index is 13.9. The first-order valence-electron chi connectivity index (χ1n) is 17.3. The molecule has 0 radical (unpaired) electrons. The Labute approximate surface area is 287 Å². The Morgan fingerprint density at radius 3 is 2.71 bits per heavy atom. The fraction of sp³-hybridized carbons (Fsp3) is 0.459. The molecule has 2 aliphatic rings. The molecular formula is C37H47N9O3. The van der Waals surface area contributed by atoms with Gasteiger partial charge in [0.2, 0.25) is 0 Å². The molecule has 1 saturated carbocycles. The van der Waals surface area contributed by atoms with Crippen molar-refractivity contribution in [1.29, 1.82) is 0 Å². The molecule has 3 unspecified atom stereocenters. The van der Waals surface area contributed by atoms with Gasteiger partial charge in [0.25, 0.3) is 11.8 Å². The first kappa shape index (κ1) is 34.0. The molecule has 12 nitrogen and oxygen atoms in total. The van der Waals surface area contributed by atoms with Gasteiger partial charge in [-0.2, -0.15) is 0 Å².